The van der Waals surface area contributed by atoms with E-state index in [0.717, 1.165) is 44.6 Å². The Labute approximate surface area is 269 Å². The Kier molecular flexibility index (Phi) is 12.3. The number of aromatic hydroxyl groups is 2. The largest absolute Gasteiger partial charge is 0.507 e. The van der Waals surface area contributed by atoms with Crippen LogP contribution < -0.4 is 18.9 Å². The molecule has 2 N–H and O–H groups in total. The molecule has 4 aromatic rings. The number of carbonyl (C=O) groups excluding carboxylic acids is 1. The van der Waals surface area contributed by atoms with Crippen LogP contribution in [0.4, 0.5) is 0 Å². The lowest BCUT2D eigenvalue weighted by atomic mass is 10.1. The van der Waals surface area contributed by atoms with Crippen molar-refractivity contribution >= 4 is 5.97 Å². The lowest BCUT2D eigenvalue weighted by molar-refractivity contribution is -0.128. The summed E-state index contributed by atoms with van der Waals surface area (Å²) in [6, 6.07) is 14.8. The number of phenols is 2. The minimum Gasteiger partial charge on any atom is -0.507 e. The van der Waals surface area contributed by atoms with E-state index in [1.807, 2.05) is 0 Å². The molecule has 0 spiro atoms. The van der Waals surface area contributed by atoms with Crippen molar-refractivity contribution in [3.63, 3.8) is 0 Å². The fourth-order valence-corrected chi connectivity index (χ4v) is 4.33. The number of rotatable bonds is 17. The highest BCUT2D eigenvalue weighted by atomic mass is 16.5. The van der Waals surface area contributed by atoms with Gasteiger partial charge in [-0.15, -0.1) is 0 Å². The quantitative estimate of drug-likeness (QED) is 0.0515. The number of esters is 1. The molecule has 0 aliphatic heterocycles. The maximum absolute atomic E-state index is 12.3. The van der Waals surface area contributed by atoms with E-state index in [4.69, 9.17) is 18.9 Å². The highest BCUT2D eigenvalue weighted by molar-refractivity contribution is 5.85. The molecular formula is C36H41N3O7. The Morgan fingerprint density at radius 1 is 0.652 bits per heavy atom. The van der Waals surface area contributed by atoms with Crippen molar-refractivity contribution in [1.29, 1.82) is 0 Å². The molecule has 4 rings (SSSR count). The highest BCUT2D eigenvalue weighted by Gasteiger charge is 2.21. The van der Waals surface area contributed by atoms with E-state index in [9.17, 15) is 15.0 Å². The summed E-state index contributed by atoms with van der Waals surface area (Å²) in [5.41, 5.74) is 0.993. The second-order valence-corrected chi connectivity index (χ2v) is 10.6. The molecule has 1 aromatic heterocycles. The van der Waals surface area contributed by atoms with Crippen LogP contribution in [0.1, 0.15) is 59.3 Å². The summed E-state index contributed by atoms with van der Waals surface area (Å²) in [7, 11) is 0. The maximum Gasteiger partial charge on any atom is 0.335 e. The lowest BCUT2D eigenvalue weighted by Crippen LogP contribution is -2.07. The number of phenolic OH excluding ortho intramolecular Hbond substituents is 2. The molecule has 46 heavy (non-hydrogen) atoms. The number of carbonyl (C=O) groups is 1. The van der Waals surface area contributed by atoms with Gasteiger partial charge in [0.05, 0.1) is 36.5 Å². The van der Waals surface area contributed by atoms with Crippen LogP contribution in [0.25, 0.3) is 34.2 Å². The van der Waals surface area contributed by atoms with Gasteiger partial charge in [-0.05, 0) is 55.7 Å². The van der Waals surface area contributed by atoms with E-state index in [1.54, 1.807) is 42.5 Å². The number of nitrogens with zero attached hydrogens (tertiary/aromatic N) is 3. The second kappa shape index (κ2) is 16.8. The van der Waals surface area contributed by atoms with E-state index in [2.05, 4.69) is 42.3 Å². The summed E-state index contributed by atoms with van der Waals surface area (Å²) in [5.74, 6) is 1.20. The Balaban J connectivity index is 1.84. The van der Waals surface area contributed by atoms with Crippen molar-refractivity contribution < 1.29 is 34.0 Å². The average Bonchev–Trinajstić information content (AvgIpc) is 3.05. The lowest BCUT2D eigenvalue weighted by Gasteiger charge is -2.14. The molecule has 0 aliphatic carbocycles. The van der Waals surface area contributed by atoms with Gasteiger partial charge in [-0.3, -0.25) is 0 Å². The van der Waals surface area contributed by atoms with E-state index in [1.165, 1.54) is 12.1 Å². The Hall–Kier alpha value is -5.12. The zero-order valence-corrected chi connectivity index (χ0v) is 26.6. The van der Waals surface area contributed by atoms with Gasteiger partial charge in [0.15, 0.2) is 17.5 Å². The Bertz CT molecular complexity index is 1560. The number of benzene rings is 3. The average molecular weight is 628 g/mol. The van der Waals surface area contributed by atoms with Crippen LogP contribution in [0.3, 0.4) is 0 Å². The van der Waals surface area contributed by atoms with Gasteiger partial charge >= 0.3 is 5.97 Å². The fourth-order valence-electron chi connectivity index (χ4n) is 4.33. The van der Waals surface area contributed by atoms with Crippen LogP contribution in [-0.4, -0.2) is 51.0 Å². The van der Waals surface area contributed by atoms with E-state index in [-0.39, 0.29) is 34.7 Å². The van der Waals surface area contributed by atoms with Gasteiger partial charge in [0.25, 0.3) is 0 Å². The number of ether oxygens (including phenoxy) is 4. The molecule has 0 saturated heterocycles. The minimum absolute atomic E-state index is 0.0982. The SMILES string of the molecule is C=CC(=O)Oc1cc(OCCCC)ccc1-c1nc(-c2ccc(OCCCC)cc2O)nc(-c2ccc(OCCCC)cc2O)n1. The maximum atomic E-state index is 12.3. The molecule has 3 aromatic carbocycles. The van der Waals surface area contributed by atoms with E-state index in [0.29, 0.717) is 53.8 Å². The number of aromatic nitrogens is 3. The summed E-state index contributed by atoms with van der Waals surface area (Å²) in [6.07, 6.45) is 6.62. The van der Waals surface area contributed by atoms with Crippen LogP contribution in [0.2, 0.25) is 0 Å². The smallest absolute Gasteiger partial charge is 0.335 e. The summed E-state index contributed by atoms with van der Waals surface area (Å²) in [6.45, 7) is 11.3. The zero-order valence-electron chi connectivity index (χ0n) is 26.6. The predicted octanol–water partition coefficient (Wildman–Crippen LogP) is 7.91. The topological polar surface area (TPSA) is 133 Å². The molecule has 242 valence electrons. The number of hydrogen-bond acceptors (Lipinski definition) is 10. The Morgan fingerprint density at radius 2 is 1.04 bits per heavy atom. The van der Waals surface area contributed by atoms with Crippen molar-refractivity contribution in [3.8, 4) is 68.7 Å². The standard InChI is InChI=1S/C36H41N3O7/c1-5-9-18-43-24-12-15-27(30(40)21-24)34-37-35(28-16-13-25(22-31(28)41)44-19-10-6-2)39-36(38-34)29-17-14-26(45-20-11-7-3)23-32(29)46-33(42)8-4/h8,12-17,21-23,40-41H,4-7,9-11,18-20H2,1-3H3. The van der Waals surface area contributed by atoms with Crippen molar-refractivity contribution in [2.24, 2.45) is 0 Å². The normalized spacial score (nSPS) is 10.8. The van der Waals surface area contributed by atoms with Gasteiger partial charge in [-0.1, -0.05) is 46.6 Å². The van der Waals surface area contributed by atoms with Crippen molar-refractivity contribution in [3.05, 3.63) is 67.3 Å². The van der Waals surface area contributed by atoms with Gasteiger partial charge in [-0.2, -0.15) is 0 Å². The first-order valence-electron chi connectivity index (χ1n) is 15.7. The molecule has 1 heterocycles. The van der Waals surface area contributed by atoms with Crippen LogP contribution in [0, 0.1) is 0 Å². The first kappa shape index (κ1) is 33.8. The number of hydrogen-bond donors (Lipinski definition) is 2. The third kappa shape index (κ3) is 8.97. The summed E-state index contributed by atoms with van der Waals surface area (Å²) >= 11 is 0. The van der Waals surface area contributed by atoms with Crippen LogP contribution in [0.15, 0.2) is 67.3 Å². The molecule has 0 amide bonds. The van der Waals surface area contributed by atoms with Gasteiger partial charge in [0.1, 0.15) is 34.5 Å². The fraction of sp³-hybridized carbons (Fsp3) is 0.333. The molecule has 0 aliphatic rings. The molecule has 0 radical (unpaired) electrons. The monoisotopic (exact) mass is 627 g/mol. The van der Waals surface area contributed by atoms with Crippen molar-refractivity contribution in [2.45, 2.75) is 59.3 Å². The summed E-state index contributed by atoms with van der Waals surface area (Å²) in [4.78, 5) is 26.3. The van der Waals surface area contributed by atoms with Gasteiger partial charge in [0.2, 0.25) is 0 Å². The molecule has 0 fully saturated rings. The molecule has 0 atom stereocenters. The van der Waals surface area contributed by atoms with Crippen LogP contribution in [0.5, 0.6) is 34.5 Å². The second-order valence-electron chi connectivity index (χ2n) is 10.6. The van der Waals surface area contributed by atoms with Crippen molar-refractivity contribution in [1.82, 2.24) is 15.0 Å². The summed E-state index contributed by atoms with van der Waals surface area (Å²) < 4.78 is 22.9. The predicted molar refractivity (Wildman–Crippen MR) is 177 cm³/mol. The molecule has 0 unspecified atom stereocenters. The van der Waals surface area contributed by atoms with Crippen molar-refractivity contribution in [2.75, 3.05) is 19.8 Å². The highest BCUT2D eigenvalue weighted by Crippen LogP contribution is 2.38. The van der Waals surface area contributed by atoms with E-state index < -0.39 is 5.97 Å². The van der Waals surface area contributed by atoms with Gasteiger partial charge in [-0.25, -0.2) is 19.7 Å². The first-order chi connectivity index (χ1) is 22.4. The Morgan fingerprint density at radius 3 is 1.43 bits per heavy atom. The molecule has 10 nitrogen and oxygen atoms in total. The molecule has 10 heteroatoms. The first-order valence-corrected chi connectivity index (χ1v) is 15.7. The minimum atomic E-state index is -0.672. The van der Waals surface area contributed by atoms with E-state index >= 15 is 0 Å². The van der Waals surface area contributed by atoms with Gasteiger partial charge in [0, 0.05) is 24.3 Å². The number of unbranched alkanes of at least 4 members (excludes halogenated alkanes) is 3. The van der Waals surface area contributed by atoms with Gasteiger partial charge < -0.3 is 29.2 Å². The van der Waals surface area contributed by atoms with Crippen LogP contribution >= 0.6 is 0 Å². The third-order valence-electron chi connectivity index (χ3n) is 6.93. The molecule has 0 saturated carbocycles. The third-order valence-corrected chi connectivity index (χ3v) is 6.93. The molecular weight excluding hydrogens is 586 g/mol. The summed E-state index contributed by atoms with van der Waals surface area (Å²) in [5, 5.41) is 22.0. The molecule has 0 bridgehead atoms. The van der Waals surface area contributed by atoms with Crippen LogP contribution in [-0.2, 0) is 4.79 Å². The zero-order chi connectivity index (χ0) is 32.9.